The fraction of sp³-hybridized carbons (Fsp3) is 0.176. The summed E-state index contributed by atoms with van der Waals surface area (Å²) in [6.07, 6.45) is 8.62. The monoisotopic (exact) mass is 314 g/mol. The summed E-state index contributed by atoms with van der Waals surface area (Å²) in [5.41, 5.74) is 1.63. The van der Waals surface area contributed by atoms with Crippen LogP contribution < -0.4 is 0 Å². The zero-order valence-corrected chi connectivity index (χ0v) is 12.7. The molecule has 4 nitrogen and oxygen atoms in total. The molecule has 3 rings (SSSR count). The molecule has 0 saturated carbocycles. The molecule has 0 unspecified atom stereocenters. The van der Waals surface area contributed by atoms with Crippen LogP contribution in [0.3, 0.4) is 0 Å². The number of halogens is 1. The van der Waals surface area contributed by atoms with Crippen LogP contribution in [0.1, 0.15) is 22.5 Å². The Labute approximate surface area is 133 Å². The van der Waals surface area contributed by atoms with Crippen LogP contribution in [0.2, 0.25) is 5.02 Å². The van der Waals surface area contributed by atoms with Gasteiger partial charge in [-0.05, 0) is 42.0 Å². The van der Waals surface area contributed by atoms with Gasteiger partial charge < -0.3 is 4.74 Å². The number of hydrogen-bond acceptors (Lipinski definition) is 3. The maximum absolute atomic E-state index is 12.2. The van der Waals surface area contributed by atoms with E-state index in [4.69, 9.17) is 16.3 Å². The van der Waals surface area contributed by atoms with E-state index in [2.05, 4.69) is 5.10 Å². The molecular weight excluding hydrogens is 300 g/mol. The minimum Gasteiger partial charge on any atom is -0.494 e. The highest BCUT2D eigenvalue weighted by molar-refractivity contribution is 6.30. The van der Waals surface area contributed by atoms with Crippen molar-refractivity contribution in [3.05, 3.63) is 70.7 Å². The zero-order valence-electron chi connectivity index (χ0n) is 11.9. The van der Waals surface area contributed by atoms with E-state index in [1.807, 2.05) is 30.4 Å². The maximum atomic E-state index is 12.2. The Morgan fingerprint density at radius 3 is 2.82 bits per heavy atom. The van der Waals surface area contributed by atoms with E-state index in [0.717, 1.165) is 30.0 Å². The highest BCUT2D eigenvalue weighted by Crippen LogP contribution is 2.13. The summed E-state index contributed by atoms with van der Waals surface area (Å²) < 4.78 is 6.74. The van der Waals surface area contributed by atoms with Crippen molar-refractivity contribution < 1.29 is 9.53 Å². The molecule has 0 fully saturated rings. The largest absolute Gasteiger partial charge is 0.494 e. The second-order valence-corrected chi connectivity index (χ2v) is 5.40. The van der Waals surface area contributed by atoms with Crippen molar-refractivity contribution in [2.75, 3.05) is 6.61 Å². The van der Waals surface area contributed by atoms with E-state index in [-0.39, 0.29) is 12.3 Å². The van der Waals surface area contributed by atoms with E-state index in [1.165, 1.54) is 4.68 Å². The first-order chi connectivity index (χ1) is 10.7. The van der Waals surface area contributed by atoms with Crippen molar-refractivity contribution in [1.29, 1.82) is 0 Å². The van der Waals surface area contributed by atoms with Crippen molar-refractivity contribution >= 4 is 23.6 Å². The first-order valence-corrected chi connectivity index (χ1v) is 7.43. The second kappa shape index (κ2) is 6.62. The lowest BCUT2D eigenvalue weighted by Gasteiger charge is -2.01. The molecule has 5 heteroatoms. The average Bonchev–Trinajstić information content (AvgIpc) is 3.18. The highest BCUT2D eigenvalue weighted by atomic mass is 35.5. The Morgan fingerprint density at radius 1 is 1.27 bits per heavy atom. The standard InChI is InChI=1S/C17H15ClN2O2/c18-14-5-3-13(4-6-14)12-17(21)20-10-9-15(19-20)7-8-16-2-1-11-22-16/h2-10H,1,11-12H2/b8-7+. The Kier molecular flexibility index (Phi) is 4.39. The summed E-state index contributed by atoms with van der Waals surface area (Å²) in [5, 5.41) is 4.91. The topological polar surface area (TPSA) is 44.1 Å². The SMILES string of the molecule is O=C(Cc1ccc(Cl)cc1)n1ccc(/C=C/C2=CCCO2)n1. The molecule has 0 N–H and O–H groups in total. The van der Waals surface area contributed by atoms with Gasteiger partial charge in [-0.25, -0.2) is 4.68 Å². The van der Waals surface area contributed by atoms with Crippen LogP contribution in [0.15, 0.2) is 54.4 Å². The average molecular weight is 315 g/mol. The quantitative estimate of drug-likeness (QED) is 0.863. The fourth-order valence-electron chi connectivity index (χ4n) is 2.14. The van der Waals surface area contributed by atoms with Crippen LogP contribution in [0.4, 0.5) is 0 Å². The highest BCUT2D eigenvalue weighted by Gasteiger charge is 2.08. The molecular formula is C17H15ClN2O2. The molecule has 112 valence electrons. The number of hydrogen-bond donors (Lipinski definition) is 0. The number of carbonyl (C=O) groups excluding carboxylic acids is 1. The molecule has 1 aromatic heterocycles. The number of rotatable bonds is 4. The molecule has 22 heavy (non-hydrogen) atoms. The Bertz CT molecular complexity index is 729. The van der Waals surface area contributed by atoms with Gasteiger partial charge in [0.2, 0.25) is 0 Å². The smallest absolute Gasteiger partial charge is 0.251 e. The van der Waals surface area contributed by atoms with Gasteiger partial charge in [0.05, 0.1) is 18.7 Å². The summed E-state index contributed by atoms with van der Waals surface area (Å²) in [5.74, 6) is 0.764. The molecule has 1 aliphatic rings. The van der Waals surface area contributed by atoms with Gasteiger partial charge >= 0.3 is 0 Å². The van der Waals surface area contributed by atoms with Gasteiger partial charge in [-0.15, -0.1) is 0 Å². The van der Waals surface area contributed by atoms with Gasteiger partial charge in [-0.1, -0.05) is 23.7 Å². The molecule has 2 aromatic rings. The Hall–Kier alpha value is -2.33. The molecule has 0 saturated heterocycles. The van der Waals surface area contributed by atoms with Gasteiger partial charge in [0.15, 0.2) is 0 Å². The van der Waals surface area contributed by atoms with Gasteiger partial charge in [-0.2, -0.15) is 5.10 Å². The minimum atomic E-state index is -0.0849. The van der Waals surface area contributed by atoms with Crippen molar-refractivity contribution in [1.82, 2.24) is 9.78 Å². The first-order valence-electron chi connectivity index (χ1n) is 7.05. The van der Waals surface area contributed by atoms with Gasteiger partial charge in [0.1, 0.15) is 5.76 Å². The number of carbonyl (C=O) groups is 1. The zero-order chi connectivity index (χ0) is 15.4. The van der Waals surface area contributed by atoms with E-state index in [1.54, 1.807) is 24.4 Å². The summed E-state index contributed by atoms with van der Waals surface area (Å²) in [6.45, 7) is 0.730. The second-order valence-electron chi connectivity index (χ2n) is 4.96. The van der Waals surface area contributed by atoms with Gasteiger partial charge in [-0.3, -0.25) is 4.79 Å². The van der Waals surface area contributed by atoms with Crippen LogP contribution in [0.25, 0.3) is 6.08 Å². The number of allylic oxidation sites excluding steroid dienone is 1. The molecule has 0 aliphatic carbocycles. The summed E-state index contributed by atoms with van der Waals surface area (Å²) in [6, 6.07) is 9.03. The molecule has 0 amide bonds. The van der Waals surface area contributed by atoms with E-state index in [9.17, 15) is 4.79 Å². The summed E-state index contributed by atoms with van der Waals surface area (Å²) in [4.78, 5) is 12.2. The normalized spacial score (nSPS) is 14.1. The summed E-state index contributed by atoms with van der Waals surface area (Å²) in [7, 11) is 0. The lowest BCUT2D eigenvalue weighted by atomic mass is 10.1. The van der Waals surface area contributed by atoms with E-state index < -0.39 is 0 Å². The first kappa shape index (κ1) is 14.6. The minimum absolute atomic E-state index is 0.0849. The molecule has 0 atom stereocenters. The molecule has 1 aromatic carbocycles. The molecule has 0 spiro atoms. The fourth-order valence-corrected chi connectivity index (χ4v) is 2.27. The summed E-state index contributed by atoms with van der Waals surface area (Å²) >= 11 is 5.83. The van der Waals surface area contributed by atoms with Crippen molar-refractivity contribution in [2.24, 2.45) is 0 Å². The Morgan fingerprint density at radius 2 is 2.09 bits per heavy atom. The molecule has 2 heterocycles. The van der Waals surface area contributed by atoms with Crippen LogP contribution in [-0.2, 0) is 11.2 Å². The van der Waals surface area contributed by atoms with Crippen LogP contribution in [0, 0.1) is 0 Å². The third kappa shape index (κ3) is 3.65. The molecule has 0 radical (unpaired) electrons. The predicted octanol–water partition coefficient (Wildman–Crippen LogP) is 3.74. The maximum Gasteiger partial charge on any atom is 0.251 e. The van der Waals surface area contributed by atoms with Crippen molar-refractivity contribution in [3.63, 3.8) is 0 Å². The van der Waals surface area contributed by atoms with Gasteiger partial charge in [0, 0.05) is 17.6 Å². The van der Waals surface area contributed by atoms with Crippen molar-refractivity contribution in [2.45, 2.75) is 12.8 Å². The van der Waals surface area contributed by atoms with Gasteiger partial charge in [0.25, 0.3) is 5.91 Å². The van der Waals surface area contributed by atoms with Crippen molar-refractivity contribution in [3.8, 4) is 0 Å². The third-order valence-electron chi connectivity index (χ3n) is 3.28. The molecule has 1 aliphatic heterocycles. The Balaban J connectivity index is 1.65. The lowest BCUT2D eigenvalue weighted by molar-refractivity contribution is 0.0898. The number of aromatic nitrogens is 2. The van der Waals surface area contributed by atoms with E-state index in [0.29, 0.717) is 5.02 Å². The van der Waals surface area contributed by atoms with Crippen LogP contribution in [-0.4, -0.2) is 22.3 Å². The van der Waals surface area contributed by atoms with Crippen LogP contribution >= 0.6 is 11.6 Å². The lowest BCUT2D eigenvalue weighted by Crippen LogP contribution is -2.14. The number of ether oxygens (including phenoxy) is 1. The predicted molar refractivity (Wildman–Crippen MR) is 85.7 cm³/mol. The van der Waals surface area contributed by atoms with Crippen LogP contribution in [0.5, 0.6) is 0 Å². The van der Waals surface area contributed by atoms with E-state index >= 15 is 0 Å². The number of benzene rings is 1. The number of nitrogens with zero attached hydrogens (tertiary/aromatic N) is 2. The molecule has 0 bridgehead atoms. The third-order valence-corrected chi connectivity index (χ3v) is 3.54.